The van der Waals surface area contributed by atoms with Crippen LogP contribution in [-0.4, -0.2) is 40.4 Å². The summed E-state index contributed by atoms with van der Waals surface area (Å²) in [7, 11) is 0. The molecule has 0 aromatic carbocycles. The molecule has 2 aliphatic heterocycles. The highest BCUT2D eigenvalue weighted by molar-refractivity contribution is 7.99. The van der Waals surface area contributed by atoms with E-state index in [9.17, 15) is 14.7 Å². The zero-order valence-corrected chi connectivity index (χ0v) is 11.5. The zero-order valence-electron chi connectivity index (χ0n) is 10.7. The van der Waals surface area contributed by atoms with Crippen LogP contribution in [0.2, 0.25) is 0 Å². The Balaban J connectivity index is 2.12. The van der Waals surface area contributed by atoms with Gasteiger partial charge in [0.05, 0.1) is 24.0 Å². The van der Waals surface area contributed by atoms with E-state index in [0.29, 0.717) is 0 Å². The van der Waals surface area contributed by atoms with Crippen molar-refractivity contribution in [3.63, 3.8) is 0 Å². The number of esters is 1. The summed E-state index contributed by atoms with van der Waals surface area (Å²) in [6, 6.07) is 0. The number of fused-ring (bicyclic) bond motifs is 2. The van der Waals surface area contributed by atoms with E-state index in [1.165, 1.54) is 11.8 Å². The number of carbonyl (C=O) groups is 2. The maximum Gasteiger partial charge on any atom is 0.313 e. The molecule has 18 heavy (non-hydrogen) atoms. The molecule has 2 bridgehead atoms. The molecule has 0 aliphatic carbocycles. The van der Waals surface area contributed by atoms with Crippen molar-refractivity contribution in [2.75, 3.05) is 6.26 Å². The van der Waals surface area contributed by atoms with Gasteiger partial charge in [-0.3, -0.25) is 9.59 Å². The molecule has 0 saturated carbocycles. The summed E-state index contributed by atoms with van der Waals surface area (Å²) in [5, 5.41) is 9.22. The van der Waals surface area contributed by atoms with E-state index in [2.05, 4.69) is 0 Å². The second-order valence-corrected chi connectivity index (χ2v) is 6.60. The van der Waals surface area contributed by atoms with Gasteiger partial charge in [-0.15, -0.1) is 11.8 Å². The Kier molecular flexibility index (Phi) is 3.60. The van der Waals surface area contributed by atoms with Crippen LogP contribution in [-0.2, 0) is 19.1 Å². The van der Waals surface area contributed by atoms with E-state index in [1.54, 1.807) is 13.8 Å². The smallest absolute Gasteiger partial charge is 0.313 e. The van der Waals surface area contributed by atoms with Gasteiger partial charge in [0.1, 0.15) is 0 Å². The minimum atomic E-state index is -0.967. The Morgan fingerprint density at radius 3 is 2.33 bits per heavy atom. The maximum atomic E-state index is 12.1. The highest BCUT2D eigenvalue weighted by Gasteiger charge is 2.56. The molecule has 2 rings (SSSR count). The molecule has 0 spiro atoms. The number of hydrogen-bond donors (Lipinski definition) is 1. The Bertz CT molecular complexity index is 367. The van der Waals surface area contributed by atoms with E-state index >= 15 is 0 Å². The molecule has 2 fully saturated rings. The van der Waals surface area contributed by atoms with Crippen LogP contribution < -0.4 is 0 Å². The summed E-state index contributed by atoms with van der Waals surface area (Å²) in [6.45, 7) is 3.58. The van der Waals surface area contributed by atoms with Crippen LogP contribution in [0, 0.1) is 11.8 Å². The van der Waals surface area contributed by atoms with Gasteiger partial charge in [-0.1, -0.05) is 0 Å². The molecule has 1 N–H and O–H groups in total. The Hall–Kier alpha value is -0.750. The molecule has 0 radical (unpaired) electrons. The third-order valence-corrected chi connectivity index (χ3v) is 4.74. The van der Waals surface area contributed by atoms with Crippen LogP contribution in [0.5, 0.6) is 0 Å². The van der Waals surface area contributed by atoms with Gasteiger partial charge in [0.25, 0.3) is 0 Å². The molecule has 5 nitrogen and oxygen atoms in total. The Morgan fingerprint density at radius 2 is 1.83 bits per heavy atom. The van der Waals surface area contributed by atoms with Gasteiger partial charge in [0.15, 0.2) is 4.93 Å². The molecule has 2 aliphatic rings. The fourth-order valence-corrected chi connectivity index (χ4v) is 2.81. The molecule has 6 heteroatoms. The van der Waals surface area contributed by atoms with E-state index < -0.39 is 28.7 Å². The predicted octanol–water partition coefficient (Wildman–Crippen LogP) is 1.51. The van der Waals surface area contributed by atoms with Crippen molar-refractivity contribution in [1.82, 2.24) is 0 Å². The second kappa shape index (κ2) is 4.74. The molecular weight excluding hydrogens is 256 g/mol. The summed E-state index contributed by atoms with van der Waals surface area (Å²) in [5.41, 5.74) is 0. The highest BCUT2D eigenvalue weighted by Crippen LogP contribution is 2.44. The highest BCUT2D eigenvalue weighted by atomic mass is 32.2. The zero-order chi connectivity index (χ0) is 13.5. The van der Waals surface area contributed by atoms with Crippen LogP contribution in [0.4, 0.5) is 0 Å². The number of rotatable bonds is 4. The van der Waals surface area contributed by atoms with Crippen LogP contribution >= 0.6 is 11.8 Å². The quantitative estimate of drug-likeness (QED) is 0.619. The lowest BCUT2D eigenvalue weighted by molar-refractivity contribution is -0.162. The number of ether oxygens (including phenoxy) is 2. The summed E-state index contributed by atoms with van der Waals surface area (Å²) in [6.07, 6.45) is 2.69. The molecule has 0 amide bonds. The van der Waals surface area contributed by atoms with E-state index in [4.69, 9.17) is 9.47 Å². The van der Waals surface area contributed by atoms with Crippen LogP contribution in [0.3, 0.4) is 0 Å². The monoisotopic (exact) mass is 274 g/mol. The van der Waals surface area contributed by atoms with Crippen LogP contribution in [0.15, 0.2) is 0 Å². The van der Waals surface area contributed by atoms with Crippen molar-refractivity contribution < 1.29 is 24.2 Å². The molecule has 4 atom stereocenters. The van der Waals surface area contributed by atoms with E-state index in [-0.39, 0.29) is 12.2 Å². The summed E-state index contributed by atoms with van der Waals surface area (Å²) in [4.78, 5) is 22.8. The maximum absolute atomic E-state index is 12.1. The second-order valence-electron chi connectivity index (χ2n) is 5.21. The SMILES string of the molecule is CSC(C)(C)OC(=O)C1C2CCC(O2)C1C(=O)O. The lowest BCUT2D eigenvalue weighted by Gasteiger charge is -2.28. The first kappa shape index (κ1) is 13.7. The summed E-state index contributed by atoms with van der Waals surface area (Å²) >= 11 is 1.41. The number of aliphatic carboxylic acids is 1. The van der Waals surface area contributed by atoms with Gasteiger partial charge in [0, 0.05) is 0 Å². The van der Waals surface area contributed by atoms with Crippen molar-refractivity contribution in [2.24, 2.45) is 11.8 Å². The Morgan fingerprint density at radius 1 is 1.28 bits per heavy atom. The van der Waals surface area contributed by atoms with Gasteiger partial charge in [0.2, 0.25) is 0 Å². The van der Waals surface area contributed by atoms with E-state index in [1.807, 2.05) is 6.26 Å². The van der Waals surface area contributed by atoms with Gasteiger partial charge >= 0.3 is 11.9 Å². The fraction of sp³-hybridized carbons (Fsp3) is 0.833. The first-order valence-electron chi connectivity index (χ1n) is 6.02. The minimum absolute atomic E-state index is 0.291. The average molecular weight is 274 g/mol. The molecule has 102 valence electrons. The normalized spacial score (nSPS) is 34.6. The van der Waals surface area contributed by atoms with E-state index in [0.717, 1.165) is 12.8 Å². The topological polar surface area (TPSA) is 72.8 Å². The number of thioether (sulfide) groups is 1. The summed E-state index contributed by atoms with van der Waals surface area (Å²) in [5.74, 6) is -2.83. The minimum Gasteiger partial charge on any atom is -0.481 e. The summed E-state index contributed by atoms with van der Waals surface area (Å²) < 4.78 is 10.9. The molecule has 4 unspecified atom stereocenters. The van der Waals surface area contributed by atoms with Crippen molar-refractivity contribution in [2.45, 2.75) is 43.8 Å². The first-order chi connectivity index (χ1) is 8.35. The standard InChI is InChI=1S/C12H18O5S/c1-12(2,18-3)17-11(15)9-7-5-4-6(16-7)8(9)10(13)14/h6-9H,4-5H2,1-3H3,(H,13,14). The van der Waals surface area contributed by atoms with Gasteiger partial charge in [-0.25, -0.2) is 0 Å². The molecule has 0 aromatic rings. The predicted molar refractivity (Wildman–Crippen MR) is 66.2 cm³/mol. The van der Waals surface area contributed by atoms with Gasteiger partial charge in [-0.05, 0) is 32.9 Å². The number of carbonyl (C=O) groups excluding carboxylic acids is 1. The molecule has 0 aromatic heterocycles. The third kappa shape index (κ3) is 2.36. The number of carboxylic acids is 1. The van der Waals surface area contributed by atoms with Crippen molar-refractivity contribution in [3.8, 4) is 0 Å². The molecular formula is C12H18O5S. The largest absolute Gasteiger partial charge is 0.481 e. The number of hydrogen-bond acceptors (Lipinski definition) is 5. The lowest BCUT2D eigenvalue weighted by Crippen LogP contribution is -2.41. The van der Waals surface area contributed by atoms with Gasteiger partial charge in [-0.2, -0.15) is 0 Å². The van der Waals surface area contributed by atoms with Crippen molar-refractivity contribution in [1.29, 1.82) is 0 Å². The first-order valence-corrected chi connectivity index (χ1v) is 7.24. The Labute approximate surface area is 110 Å². The third-order valence-electron chi connectivity index (χ3n) is 3.67. The number of carboxylic acid groups (broad SMARTS) is 1. The molecule has 2 heterocycles. The lowest BCUT2D eigenvalue weighted by atomic mass is 9.79. The molecule has 2 saturated heterocycles. The van der Waals surface area contributed by atoms with Crippen molar-refractivity contribution >= 4 is 23.7 Å². The van der Waals surface area contributed by atoms with Crippen molar-refractivity contribution in [3.05, 3.63) is 0 Å². The average Bonchev–Trinajstić information content (AvgIpc) is 2.87. The van der Waals surface area contributed by atoms with Crippen LogP contribution in [0.1, 0.15) is 26.7 Å². The fourth-order valence-electron chi connectivity index (χ4n) is 2.64. The van der Waals surface area contributed by atoms with Gasteiger partial charge < -0.3 is 14.6 Å². The van der Waals surface area contributed by atoms with Crippen LogP contribution in [0.25, 0.3) is 0 Å².